The van der Waals surface area contributed by atoms with Crippen molar-refractivity contribution in [3.05, 3.63) is 71.8 Å². The molecule has 2 atom stereocenters. The maximum atomic E-state index is 14.1. The van der Waals surface area contributed by atoms with Gasteiger partial charge in [-0.1, -0.05) is 60.7 Å². The Morgan fingerprint density at radius 1 is 0.911 bits per heavy atom. The topological polar surface area (TPSA) is 165 Å². The van der Waals surface area contributed by atoms with Gasteiger partial charge in [-0.3, -0.25) is 14.4 Å². The van der Waals surface area contributed by atoms with Gasteiger partial charge in [0.05, 0.1) is 38.2 Å². The van der Waals surface area contributed by atoms with Crippen molar-refractivity contribution in [1.82, 2.24) is 14.1 Å². The molecule has 2 fully saturated rings. The summed E-state index contributed by atoms with van der Waals surface area (Å²) in [6, 6.07) is 15.3. The van der Waals surface area contributed by atoms with E-state index in [2.05, 4.69) is 0 Å². The number of carbonyl (C=O) groups excluding carboxylic acids is 4. The SMILES string of the molecule is CS(=O)(=O)N(C(=O)C(CC(=O)N1CCOCC1)S(=O)(=O)Cc1ccccc1)C1CCCN(C(=O)OCc2ccccc2)CC1=O. The number of ether oxygens (including phenoxy) is 2. The van der Waals surface area contributed by atoms with Crippen molar-refractivity contribution in [2.24, 2.45) is 0 Å². The Balaban J connectivity index is 1.59. The molecule has 2 aliphatic heterocycles. The summed E-state index contributed by atoms with van der Waals surface area (Å²) in [5, 5.41) is -2.08. The van der Waals surface area contributed by atoms with Crippen LogP contribution in [0.1, 0.15) is 30.4 Å². The van der Waals surface area contributed by atoms with Gasteiger partial charge in [-0.05, 0) is 24.0 Å². The van der Waals surface area contributed by atoms with Gasteiger partial charge in [0.15, 0.2) is 15.6 Å². The molecule has 2 aromatic carbocycles. The van der Waals surface area contributed by atoms with E-state index < -0.39 is 73.6 Å². The molecule has 2 unspecified atom stereocenters. The van der Waals surface area contributed by atoms with Crippen molar-refractivity contribution in [1.29, 1.82) is 0 Å². The van der Waals surface area contributed by atoms with Gasteiger partial charge >= 0.3 is 6.09 Å². The van der Waals surface area contributed by atoms with E-state index in [1.165, 1.54) is 17.0 Å². The third kappa shape index (κ3) is 9.11. The number of carbonyl (C=O) groups is 4. The minimum absolute atomic E-state index is 0.0418. The number of ketones is 1. The Bertz CT molecular complexity index is 1580. The van der Waals surface area contributed by atoms with Crippen LogP contribution in [0.4, 0.5) is 4.79 Å². The van der Waals surface area contributed by atoms with Crippen LogP contribution in [-0.2, 0) is 56.1 Å². The molecule has 0 saturated carbocycles. The molecule has 13 nitrogen and oxygen atoms in total. The first-order valence-electron chi connectivity index (χ1n) is 14.5. The van der Waals surface area contributed by atoms with Crippen molar-refractivity contribution in [3.63, 3.8) is 0 Å². The zero-order chi connectivity index (χ0) is 32.6. The molecule has 4 rings (SSSR count). The molecule has 2 saturated heterocycles. The van der Waals surface area contributed by atoms with Gasteiger partial charge in [-0.15, -0.1) is 0 Å². The van der Waals surface area contributed by atoms with Crippen LogP contribution in [0.2, 0.25) is 0 Å². The Morgan fingerprint density at radius 3 is 2.11 bits per heavy atom. The quantitative estimate of drug-likeness (QED) is 0.363. The average molecular weight is 664 g/mol. The molecule has 0 aliphatic carbocycles. The van der Waals surface area contributed by atoms with E-state index in [-0.39, 0.29) is 52.3 Å². The summed E-state index contributed by atoms with van der Waals surface area (Å²) in [5.74, 6) is -3.44. The van der Waals surface area contributed by atoms with Crippen LogP contribution in [0.3, 0.4) is 0 Å². The Labute approximate surface area is 263 Å². The van der Waals surface area contributed by atoms with Crippen LogP contribution in [-0.4, -0.2) is 112 Å². The number of rotatable bonds is 10. The van der Waals surface area contributed by atoms with E-state index in [0.717, 1.165) is 10.5 Å². The standard InChI is InChI=1S/C30H37N3O10S2/c1-44(38,39)33(25-13-8-14-32(20-26(25)34)30(37)43-21-23-9-4-2-5-10-23)29(36)27(19-28(35)31-15-17-42-18-16-31)45(40,41)22-24-11-6-3-7-12-24/h2-7,9-12,25,27H,8,13-22H2,1H3. The van der Waals surface area contributed by atoms with Crippen LogP contribution < -0.4 is 0 Å². The molecular formula is C30H37N3O10S2. The minimum atomic E-state index is -4.52. The van der Waals surface area contributed by atoms with Crippen molar-refractivity contribution >= 4 is 43.6 Å². The van der Waals surface area contributed by atoms with Gasteiger partial charge in [0.2, 0.25) is 15.9 Å². The van der Waals surface area contributed by atoms with E-state index in [9.17, 15) is 36.0 Å². The van der Waals surface area contributed by atoms with E-state index >= 15 is 0 Å². The number of Topliss-reactive ketones (excluding diaryl/α,β-unsaturated/α-hetero) is 1. The summed E-state index contributed by atoms with van der Waals surface area (Å²) in [7, 11) is -8.98. The number of likely N-dealkylation sites (tertiary alicyclic amines) is 1. The van der Waals surface area contributed by atoms with Gasteiger partial charge in [0, 0.05) is 19.6 Å². The lowest BCUT2D eigenvalue weighted by Crippen LogP contribution is -2.55. The number of morpholine rings is 1. The second-order valence-corrected chi connectivity index (χ2v) is 15.0. The summed E-state index contributed by atoms with van der Waals surface area (Å²) in [4.78, 5) is 56.1. The highest BCUT2D eigenvalue weighted by molar-refractivity contribution is 7.92. The smallest absolute Gasteiger partial charge is 0.410 e. The molecule has 15 heteroatoms. The molecule has 0 N–H and O–H groups in total. The molecule has 2 heterocycles. The first kappa shape index (κ1) is 34.1. The van der Waals surface area contributed by atoms with E-state index in [1.807, 2.05) is 6.07 Å². The van der Waals surface area contributed by atoms with Gasteiger partial charge in [-0.25, -0.2) is 25.9 Å². The highest BCUT2D eigenvalue weighted by Gasteiger charge is 2.46. The summed E-state index contributed by atoms with van der Waals surface area (Å²) >= 11 is 0. The molecule has 0 aromatic heterocycles. The maximum absolute atomic E-state index is 14.1. The Hall–Kier alpha value is -3.82. The third-order valence-corrected chi connectivity index (χ3v) is 10.7. The summed E-state index contributed by atoms with van der Waals surface area (Å²) in [5.41, 5.74) is 1.07. The molecule has 3 amide bonds. The fourth-order valence-corrected chi connectivity index (χ4v) is 8.17. The molecule has 0 bridgehead atoms. The predicted octanol–water partition coefficient (Wildman–Crippen LogP) is 1.38. The lowest BCUT2D eigenvalue weighted by atomic mass is 10.1. The number of benzene rings is 2. The van der Waals surface area contributed by atoms with Crippen molar-refractivity contribution in [3.8, 4) is 0 Å². The van der Waals surface area contributed by atoms with Crippen LogP contribution in [0, 0.1) is 0 Å². The van der Waals surface area contributed by atoms with E-state index in [4.69, 9.17) is 9.47 Å². The second-order valence-electron chi connectivity index (χ2n) is 11.0. The lowest BCUT2D eigenvalue weighted by Gasteiger charge is -2.32. The van der Waals surface area contributed by atoms with Crippen LogP contribution in [0.5, 0.6) is 0 Å². The Kier molecular flexibility index (Phi) is 11.3. The number of nitrogens with zero attached hydrogens (tertiary/aromatic N) is 3. The largest absolute Gasteiger partial charge is 0.445 e. The molecule has 2 aliphatic rings. The number of hydrogen-bond acceptors (Lipinski definition) is 10. The van der Waals surface area contributed by atoms with Gasteiger partial charge in [0.1, 0.15) is 17.9 Å². The van der Waals surface area contributed by atoms with Gasteiger partial charge < -0.3 is 19.3 Å². The zero-order valence-corrected chi connectivity index (χ0v) is 26.6. The van der Waals surface area contributed by atoms with Gasteiger partial charge in [0.25, 0.3) is 5.91 Å². The number of amides is 3. The molecule has 0 radical (unpaired) electrons. The average Bonchev–Trinajstić information content (AvgIpc) is 3.20. The first-order valence-corrected chi connectivity index (χ1v) is 18.1. The molecular weight excluding hydrogens is 626 g/mol. The number of sulfone groups is 1. The molecule has 244 valence electrons. The van der Waals surface area contributed by atoms with Crippen LogP contribution in [0.15, 0.2) is 60.7 Å². The second kappa shape index (κ2) is 15.0. The van der Waals surface area contributed by atoms with E-state index in [1.54, 1.807) is 42.5 Å². The third-order valence-electron chi connectivity index (χ3n) is 7.59. The first-order chi connectivity index (χ1) is 21.4. The lowest BCUT2D eigenvalue weighted by molar-refractivity contribution is -0.139. The normalized spacial score (nSPS) is 18.5. The van der Waals surface area contributed by atoms with Crippen LogP contribution in [0.25, 0.3) is 0 Å². The maximum Gasteiger partial charge on any atom is 0.410 e. The van der Waals surface area contributed by atoms with Gasteiger partial charge in [-0.2, -0.15) is 0 Å². The number of hydrogen-bond donors (Lipinski definition) is 0. The summed E-state index contributed by atoms with van der Waals surface area (Å²) in [6.45, 7) is 0.296. The van der Waals surface area contributed by atoms with Crippen molar-refractivity contribution < 1.29 is 45.5 Å². The predicted molar refractivity (Wildman–Crippen MR) is 163 cm³/mol. The monoisotopic (exact) mass is 663 g/mol. The summed E-state index contributed by atoms with van der Waals surface area (Å²) in [6.07, 6.45) is -0.907. The highest BCUT2D eigenvalue weighted by atomic mass is 32.2. The zero-order valence-electron chi connectivity index (χ0n) is 24.9. The number of sulfonamides is 1. The fraction of sp³-hybridized carbons (Fsp3) is 0.467. The van der Waals surface area contributed by atoms with Crippen molar-refractivity contribution in [2.45, 2.75) is 42.9 Å². The molecule has 0 spiro atoms. The fourth-order valence-electron chi connectivity index (χ4n) is 5.29. The molecule has 45 heavy (non-hydrogen) atoms. The van der Waals surface area contributed by atoms with Crippen molar-refractivity contribution in [2.75, 3.05) is 45.6 Å². The van der Waals surface area contributed by atoms with E-state index in [0.29, 0.717) is 16.1 Å². The Morgan fingerprint density at radius 2 is 1.51 bits per heavy atom. The highest BCUT2D eigenvalue weighted by Crippen LogP contribution is 2.25. The summed E-state index contributed by atoms with van der Waals surface area (Å²) < 4.78 is 64.7. The minimum Gasteiger partial charge on any atom is -0.445 e. The van der Waals surface area contributed by atoms with Crippen LogP contribution >= 0.6 is 0 Å². The molecule has 2 aromatic rings.